The van der Waals surface area contributed by atoms with Gasteiger partial charge < -0.3 is 14.6 Å². The Hall–Kier alpha value is -3.58. The first-order valence-electron chi connectivity index (χ1n) is 10.3. The number of benzene rings is 2. The van der Waals surface area contributed by atoms with E-state index in [0.717, 1.165) is 35.5 Å². The van der Waals surface area contributed by atoms with Crippen molar-refractivity contribution in [1.82, 2.24) is 19.3 Å². The molecule has 0 aliphatic heterocycles. The summed E-state index contributed by atoms with van der Waals surface area (Å²) in [5.41, 5.74) is 3.38. The normalized spacial score (nSPS) is 10.8. The topological polar surface area (TPSA) is 74.0 Å². The summed E-state index contributed by atoms with van der Waals surface area (Å²) in [6, 6.07) is 14.8. The molecular weight excluding hydrogens is 426 g/mol. The summed E-state index contributed by atoms with van der Waals surface area (Å²) in [7, 11) is 1.88. The number of carbonyl (C=O) groups is 1. The van der Waals surface area contributed by atoms with E-state index < -0.39 is 0 Å². The van der Waals surface area contributed by atoms with Gasteiger partial charge in [0.1, 0.15) is 5.75 Å². The molecule has 164 valence electrons. The highest BCUT2D eigenvalue weighted by atomic mass is 35.5. The van der Waals surface area contributed by atoms with E-state index in [1.54, 1.807) is 35.5 Å². The molecule has 0 radical (unpaired) electrons. The van der Waals surface area contributed by atoms with Crippen molar-refractivity contribution in [1.29, 1.82) is 0 Å². The van der Waals surface area contributed by atoms with Gasteiger partial charge in [0.15, 0.2) is 0 Å². The lowest BCUT2D eigenvalue weighted by Gasteiger charge is -2.14. The standard InChI is InChI=1S/C24H24ClN5O2/c1-29-22(9-10-27-29)21-16-20(28-24(31)15-18-3-5-19(25)6-4-18)7-8-23(21)32-14-2-12-30-13-11-26-17-30/h3-11,13,16-17H,2,12,14-15H2,1H3,(H,28,31). The molecule has 2 aromatic heterocycles. The molecule has 0 spiro atoms. The number of nitrogens with one attached hydrogen (secondary N) is 1. The van der Waals surface area contributed by atoms with Crippen LogP contribution >= 0.6 is 11.6 Å². The van der Waals surface area contributed by atoms with Crippen molar-refractivity contribution in [2.75, 3.05) is 11.9 Å². The van der Waals surface area contributed by atoms with E-state index in [2.05, 4.69) is 15.4 Å². The van der Waals surface area contributed by atoms with E-state index in [-0.39, 0.29) is 12.3 Å². The van der Waals surface area contributed by atoms with Gasteiger partial charge in [0, 0.05) is 48.5 Å². The molecule has 2 heterocycles. The fraction of sp³-hybridized carbons (Fsp3) is 0.208. The molecule has 0 atom stereocenters. The number of halogens is 1. The van der Waals surface area contributed by atoms with Crippen molar-refractivity contribution in [2.24, 2.45) is 7.05 Å². The average Bonchev–Trinajstić information content (AvgIpc) is 3.45. The van der Waals surface area contributed by atoms with E-state index in [0.29, 0.717) is 17.3 Å². The fourth-order valence-corrected chi connectivity index (χ4v) is 3.54. The summed E-state index contributed by atoms with van der Waals surface area (Å²) >= 11 is 5.92. The van der Waals surface area contributed by atoms with Gasteiger partial charge in [-0.3, -0.25) is 9.48 Å². The number of carbonyl (C=O) groups excluding carboxylic acids is 1. The van der Waals surface area contributed by atoms with E-state index in [1.165, 1.54) is 0 Å². The van der Waals surface area contributed by atoms with Crippen LogP contribution in [0.25, 0.3) is 11.3 Å². The highest BCUT2D eigenvalue weighted by Gasteiger charge is 2.13. The number of hydrogen-bond acceptors (Lipinski definition) is 4. The van der Waals surface area contributed by atoms with Crippen LogP contribution in [0.4, 0.5) is 5.69 Å². The van der Waals surface area contributed by atoms with Gasteiger partial charge in [-0.1, -0.05) is 23.7 Å². The van der Waals surface area contributed by atoms with Crippen molar-refractivity contribution in [3.8, 4) is 17.0 Å². The van der Waals surface area contributed by atoms with Crippen LogP contribution in [0.2, 0.25) is 5.02 Å². The largest absolute Gasteiger partial charge is 0.493 e. The van der Waals surface area contributed by atoms with Gasteiger partial charge in [-0.2, -0.15) is 5.10 Å². The summed E-state index contributed by atoms with van der Waals surface area (Å²) in [6.45, 7) is 1.39. The summed E-state index contributed by atoms with van der Waals surface area (Å²) in [5.74, 6) is 0.646. The number of aromatic nitrogens is 4. The Bertz CT molecular complexity index is 1170. The van der Waals surface area contributed by atoms with Crippen molar-refractivity contribution in [3.63, 3.8) is 0 Å². The fourth-order valence-electron chi connectivity index (χ4n) is 3.41. The van der Waals surface area contributed by atoms with Crippen LogP contribution in [0.3, 0.4) is 0 Å². The first-order valence-corrected chi connectivity index (χ1v) is 10.7. The molecule has 1 N–H and O–H groups in total. The summed E-state index contributed by atoms with van der Waals surface area (Å²) in [4.78, 5) is 16.6. The van der Waals surface area contributed by atoms with Crippen LogP contribution in [0.1, 0.15) is 12.0 Å². The Morgan fingerprint density at radius 1 is 1.12 bits per heavy atom. The van der Waals surface area contributed by atoms with Gasteiger partial charge in [0.2, 0.25) is 5.91 Å². The molecule has 0 saturated carbocycles. The molecular formula is C24H24ClN5O2. The van der Waals surface area contributed by atoms with Crippen molar-refractivity contribution < 1.29 is 9.53 Å². The molecule has 0 fully saturated rings. The third kappa shape index (κ3) is 5.56. The second-order valence-electron chi connectivity index (χ2n) is 7.40. The van der Waals surface area contributed by atoms with Gasteiger partial charge in [0.25, 0.3) is 0 Å². The van der Waals surface area contributed by atoms with Crippen LogP contribution in [0.15, 0.2) is 73.4 Å². The second-order valence-corrected chi connectivity index (χ2v) is 7.84. The predicted molar refractivity (Wildman–Crippen MR) is 125 cm³/mol. The summed E-state index contributed by atoms with van der Waals surface area (Å²) < 4.78 is 9.88. The lowest BCUT2D eigenvalue weighted by molar-refractivity contribution is -0.115. The van der Waals surface area contributed by atoms with E-state index in [1.807, 2.05) is 54.2 Å². The highest BCUT2D eigenvalue weighted by molar-refractivity contribution is 6.30. The van der Waals surface area contributed by atoms with Gasteiger partial charge >= 0.3 is 0 Å². The maximum atomic E-state index is 12.5. The zero-order valence-corrected chi connectivity index (χ0v) is 18.5. The number of aryl methyl sites for hydroxylation is 2. The molecule has 0 saturated heterocycles. The molecule has 0 aliphatic carbocycles. The first-order chi connectivity index (χ1) is 15.6. The first kappa shape index (κ1) is 21.6. The van der Waals surface area contributed by atoms with Crippen LogP contribution < -0.4 is 10.1 Å². The van der Waals surface area contributed by atoms with Crippen molar-refractivity contribution in [3.05, 3.63) is 84.0 Å². The van der Waals surface area contributed by atoms with Gasteiger partial charge in [-0.25, -0.2) is 4.98 Å². The zero-order valence-electron chi connectivity index (χ0n) is 17.7. The van der Waals surface area contributed by atoms with Crippen LogP contribution in [0, 0.1) is 0 Å². The maximum absolute atomic E-state index is 12.5. The molecule has 7 nitrogen and oxygen atoms in total. The Balaban J connectivity index is 1.46. The van der Waals surface area contributed by atoms with Gasteiger partial charge in [-0.05, 0) is 48.4 Å². The number of rotatable bonds is 9. The molecule has 0 unspecified atom stereocenters. The van der Waals surface area contributed by atoms with E-state index >= 15 is 0 Å². The molecule has 2 aromatic carbocycles. The molecule has 8 heteroatoms. The predicted octanol–water partition coefficient (Wildman–Crippen LogP) is 4.59. The third-order valence-corrected chi connectivity index (χ3v) is 5.27. The molecule has 32 heavy (non-hydrogen) atoms. The maximum Gasteiger partial charge on any atom is 0.228 e. The number of nitrogens with zero attached hydrogens (tertiary/aromatic N) is 4. The third-order valence-electron chi connectivity index (χ3n) is 5.02. The Morgan fingerprint density at radius 2 is 1.97 bits per heavy atom. The van der Waals surface area contributed by atoms with E-state index in [9.17, 15) is 4.79 Å². The minimum atomic E-state index is -0.0997. The minimum absolute atomic E-state index is 0.0997. The summed E-state index contributed by atoms with van der Waals surface area (Å²) in [5, 5.41) is 7.89. The molecule has 4 aromatic rings. The number of anilines is 1. The number of ether oxygens (including phenoxy) is 1. The lowest BCUT2D eigenvalue weighted by Crippen LogP contribution is -2.14. The molecule has 1 amide bonds. The zero-order chi connectivity index (χ0) is 22.3. The Morgan fingerprint density at radius 3 is 2.69 bits per heavy atom. The van der Waals surface area contributed by atoms with Crippen molar-refractivity contribution >= 4 is 23.2 Å². The smallest absolute Gasteiger partial charge is 0.228 e. The molecule has 0 bridgehead atoms. The quantitative estimate of drug-likeness (QED) is 0.379. The van der Waals surface area contributed by atoms with Gasteiger partial charge in [-0.15, -0.1) is 0 Å². The highest BCUT2D eigenvalue weighted by Crippen LogP contribution is 2.32. The lowest BCUT2D eigenvalue weighted by atomic mass is 10.1. The van der Waals surface area contributed by atoms with Crippen LogP contribution in [-0.2, 0) is 24.8 Å². The number of imidazole rings is 1. The number of amides is 1. The number of hydrogen-bond donors (Lipinski definition) is 1. The van der Waals surface area contributed by atoms with Crippen molar-refractivity contribution in [2.45, 2.75) is 19.4 Å². The average molecular weight is 450 g/mol. The van der Waals surface area contributed by atoms with Crippen LogP contribution in [0.5, 0.6) is 5.75 Å². The van der Waals surface area contributed by atoms with Gasteiger partial charge in [0.05, 0.1) is 25.0 Å². The molecule has 4 rings (SSSR count). The van der Waals surface area contributed by atoms with E-state index in [4.69, 9.17) is 16.3 Å². The Labute approximate surface area is 191 Å². The second kappa shape index (κ2) is 10.2. The monoisotopic (exact) mass is 449 g/mol. The molecule has 0 aliphatic rings. The SMILES string of the molecule is Cn1nccc1-c1cc(NC(=O)Cc2ccc(Cl)cc2)ccc1OCCCn1ccnc1. The summed E-state index contributed by atoms with van der Waals surface area (Å²) in [6.07, 6.45) is 8.35. The minimum Gasteiger partial charge on any atom is -0.493 e. The van der Waals surface area contributed by atoms with Crippen LogP contribution in [-0.4, -0.2) is 31.8 Å². The Kier molecular flexibility index (Phi) is 6.87.